The molecule has 0 amide bonds. The first-order chi connectivity index (χ1) is 7.00. The van der Waals surface area contributed by atoms with E-state index in [2.05, 4.69) is 6.58 Å². The van der Waals surface area contributed by atoms with Crippen LogP contribution in [-0.4, -0.2) is 4.92 Å². The Balaban J connectivity index is 0.00000225. The van der Waals surface area contributed by atoms with E-state index in [9.17, 15) is 10.1 Å². The van der Waals surface area contributed by atoms with E-state index in [0.29, 0.717) is 6.42 Å². The second-order valence-electron chi connectivity index (χ2n) is 3.62. The third-order valence-corrected chi connectivity index (χ3v) is 2.10. The Morgan fingerprint density at radius 3 is 2.38 bits per heavy atom. The van der Waals surface area contributed by atoms with E-state index < -0.39 is 4.92 Å². The summed E-state index contributed by atoms with van der Waals surface area (Å²) in [6.45, 7) is 5.69. The van der Waals surface area contributed by atoms with E-state index in [1.165, 1.54) is 12.1 Å². The molecule has 5 heteroatoms. The number of benzene rings is 1. The molecule has 0 spiro atoms. The Kier molecular flexibility index (Phi) is 5.71. The minimum absolute atomic E-state index is 0. The molecule has 0 heterocycles. The predicted molar refractivity (Wildman–Crippen MR) is 66.7 cm³/mol. The SMILES string of the molecule is C=C(C)C[C@@H](N)c1ccc([N+](=O)[O-])cc1.Cl. The van der Waals surface area contributed by atoms with Crippen molar-refractivity contribution in [3.8, 4) is 0 Å². The third kappa shape index (κ3) is 4.00. The van der Waals surface area contributed by atoms with Gasteiger partial charge in [0.15, 0.2) is 0 Å². The highest BCUT2D eigenvalue weighted by molar-refractivity contribution is 5.85. The fourth-order valence-electron chi connectivity index (χ4n) is 1.34. The fraction of sp³-hybridized carbons (Fsp3) is 0.273. The highest BCUT2D eigenvalue weighted by Gasteiger charge is 2.09. The molecule has 0 aliphatic carbocycles. The van der Waals surface area contributed by atoms with Crippen molar-refractivity contribution >= 4 is 18.1 Å². The summed E-state index contributed by atoms with van der Waals surface area (Å²) in [6, 6.07) is 6.17. The van der Waals surface area contributed by atoms with E-state index in [4.69, 9.17) is 5.73 Å². The number of non-ortho nitro benzene ring substituents is 1. The number of halogens is 1. The van der Waals surface area contributed by atoms with Crippen LogP contribution in [0.2, 0.25) is 0 Å². The van der Waals surface area contributed by atoms with Crippen molar-refractivity contribution < 1.29 is 4.92 Å². The van der Waals surface area contributed by atoms with Gasteiger partial charge >= 0.3 is 0 Å². The topological polar surface area (TPSA) is 69.2 Å². The number of nitro groups is 1. The molecule has 1 atom stereocenters. The number of rotatable bonds is 4. The predicted octanol–water partition coefficient (Wildman–Crippen LogP) is 2.98. The standard InChI is InChI=1S/C11H14N2O2.ClH/c1-8(2)7-11(12)9-3-5-10(6-4-9)13(14)15;/h3-6,11H,1,7,12H2,2H3;1H/t11-;/m1./s1. The zero-order valence-electron chi connectivity index (χ0n) is 9.05. The lowest BCUT2D eigenvalue weighted by atomic mass is 10.0. The third-order valence-electron chi connectivity index (χ3n) is 2.10. The van der Waals surface area contributed by atoms with Crippen molar-refractivity contribution in [2.75, 3.05) is 0 Å². The summed E-state index contributed by atoms with van der Waals surface area (Å²) in [7, 11) is 0. The first-order valence-electron chi connectivity index (χ1n) is 4.65. The molecule has 4 nitrogen and oxygen atoms in total. The fourth-order valence-corrected chi connectivity index (χ4v) is 1.34. The van der Waals surface area contributed by atoms with Gasteiger partial charge in [-0.2, -0.15) is 0 Å². The molecule has 0 saturated carbocycles. The van der Waals surface area contributed by atoms with Gasteiger partial charge < -0.3 is 5.73 Å². The van der Waals surface area contributed by atoms with Crippen LogP contribution in [0.4, 0.5) is 5.69 Å². The van der Waals surface area contributed by atoms with Crippen LogP contribution < -0.4 is 5.73 Å². The number of nitro benzene ring substituents is 1. The van der Waals surface area contributed by atoms with Gasteiger partial charge in [-0.25, -0.2) is 0 Å². The molecular weight excluding hydrogens is 228 g/mol. The molecule has 1 aromatic carbocycles. The molecule has 0 fully saturated rings. The smallest absolute Gasteiger partial charge is 0.269 e. The summed E-state index contributed by atoms with van der Waals surface area (Å²) in [5, 5.41) is 10.4. The van der Waals surface area contributed by atoms with Crippen LogP contribution in [0.3, 0.4) is 0 Å². The lowest BCUT2D eigenvalue weighted by Crippen LogP contribution is -2.10. The summed E-state index contributed by atoms with van der Waals surface area (Å²) in [4.78, 5) is 10.00. The second-order valence-corrected chi connectivity index (χ2v) is 3.62. The second kappa shape index (κ2) is 6.25. The number of nitrogens with zero attached hydrogens (tertiary/aromatic N) is 1. The highest BCUT2D eigenvalue weighted by Crippen LogP contribution is 2.20. The lowest BCUT2D eigenvalue weighted by Gasteiger charge is -2.11. The molecule has 0 aliphatic rings. The molecular formula is C11H15ClN2O2. The largest absolute Gasteiger partial charge is 0.324 e. The van der Waals surface area contributed by atoms with Gasteiger partial charge in [-0.05, 0) is 18.9 Å². The summed E-state index contributed by atoms with van der Waals surface area (Å²) >= 11 is 0. The van der Waals surface area contributed by atoms with Crippen LogP contribution in [-0.2, 0) is 0 Å². The maximum absolute atomic E-state index is 10.4. The van der Waals surface area contributed by atoms with Gasteiger partial charge in [-0.1, -0.05) is 17.7 Å². The number of nitrogens with two attached hydrogens (primary N) is 1. The van der Waals surface area contributed by atoms with Gasteiger partial charge in [-0.15, -0.1) is 19.0 Å². The van der Waals surface area contributed by atoms with E-state index in [0.717, 1.165) is 11.1 Å². The van der Waals surface area contributed by atoms with Crippen molar-refractivity contribution in [1.29, 1.82) is 0 Å². The maximum Gasteiger partial charge on any atom is 0.269 e. The minimum atomic E-state index is -0.423. The Bertz CT molecular complexity index is 376. The Morgan fingerprint density at radius 2 is 2.00 bits per heavy atom. The quantitative estimate of drug-likeness (QED) is 0.501. The van der Waals surface area contributed by atoms with Crippen molar-refractivity contribution in [3.63, 3.8) is 0 Å². The first kappa shape index (κ1) is 14.6. The molecule has 0 radical (unpaired) electrons. The molecule has 0 unspecified atom stereocenters. The zero-order valence-corrected chi connectivity index (χ0v) is 9.87. The van der Waals surface area contributed by atoms with E-state index >= 15 is 0 Å². The van der Waals surface area contributed by atoms with Crippen LogP contribution >= 0.6 is 12.4 Å². The van der Waals surface area contributed by atoms with E-state index in [-0.39, 0.29) is 24.1 Å². The number of hydrogen-bond acceptors (Lipinski definition) is 3. The molecule has 2 N–H and O–H groups in total. The van der Waals surface area contributed by atoms with Crippen molar-refractivity contribution in [2.45, 2.75) is 19.4 Å². The first-order valence-corrected chi connectivity index (χ1v) is 4.65. The molecule has 0 aromatic heterocycles. The lowest BCUT2D eigenvalue weighted by molar-refractivity contribution is -0.384. The minimum Gasteiger partial charge on any atom is -0.324 e. The summed E-state index contributed by atoms with van der Waals surface area (Å²) in [5.41, 5.74) is 7.87. The van der Waals surface area contributed by atoms with E-state index in [1.54, 1.807) is 12.1 Å². The normalized spacial score (nSPS) is 11.4. The van der Waals surface area contributed by atoms with Gasteiger partial charge in [0.05, 0.1) is 4.92 Å². The molecule has 0 bridgehead atoms. The van der Waals surface area contributed by atoms with Crippen LogP contribution in [0.1, 0.15) is 24.9 Å². The van der Waals surface area contributed by atoms with Gasteiger partial charge in [0, 0.05) is 18.2 Å². The Hall–Kier alpha value is -1.39. The van der Waals surface area contributed by atoms with Gasteiger partial charge in [0.1, 0.15) is 0 Å². The van der Waals surface area contributed by atoms with Crippen LogP contribution in [0.15, 0.2) is 36.4 Å². The molecule has 88 valence electrons. The molecule has 1 rings (SSSR count). The molecule has 16 heavy (non-hydrogen) atoms. The maximum atomic E-state index is 10.4. The zero-order chi connectivity index (χ0) is 11.4. The van der Waals surface area contributed by atoms with Gasteiger partial charge in [0.25, 0.3) is 5.69 Å². The average molecular weight is 243 g/mol. The van der Waals surface area contributed by atoms with Gasteiger partial charge in [0.2, 0.25) is 0 Å². The summed E-state index contributed by atoms with van der Waals surface area (Å²) in [6.07, 6.45) is 0.692. The molecule has 0 aliphatic heterocycles. The molecule has 1 aromatic rings. The average Bonchev–Trinajstić information content (AvgIpc) is 2.17. The van der Waals surface area contributed by atoms with Crippen molar-refractivity contribution in [3.05, 3.63) is 52.1 Å². The summed E-state index contributed by atoms with van der Waals surface area (Å²) in [5.74, 6) is 0. The van der Waals surface area contributed by atoms with Crippen molar-refractivity contribution in [2.24, 2.45) is 5.73 Å². The summed E-state index contributed by atoms with van der Waals surface area (Å²) < 4.78 is 0. The Labute approximate surface area is 101 Å². The Morgan fingerprint density at radius 1 is 1.50 bits per heavy atom. The van der Waals surface area contributed by atoms with Crippen LogP contribution in [0, 0.1) is 10.1 Å². The van der Waals surface area contributed by atoms with Crippen molar-refractivity contribution in [1.82, 2.24) is 0 Å². The highest BCUT2D eigenvalue weighted by atomic mass is 35.5. The van der Waals surface area contributed by atoms with E-state index in [1.807, 2.05) is 6.92 Å². The molecule has 0 saturated heterocycles. The van der Waals surface area contributed by atoms with Gasteiger partial charge in [-0.3, -0.25) is 10.1 Å². The van der Waals surface area contributed by atoms with Crippen LogP contribution in [0.25, 0.3) is 0 Å². The monoisotopic (exact) mass is 242 g/mol. The number of hydrogen-bond donors (Lipinski definition) is 1. The van der Waals surface area contributed by atoms with Crippen LogP contribution in [0.5, 0.6) is 0 Å².